The molecule has 0 unspecified atom stereocenters. The average molecular weight is 448 g/mol. The summed E-state index contributed by atoms with van der Waals surface area (Å²) in [6, 6.07) is 23.4. The van der Waals surface area contributed by atoms with E-state index in [-0.39, 0.29) is 12.3 Å². The van der Waals surface area contributed by atoms with Crippen LogP contribution in [0.25, 0.3) is 22.0 Å². The molecule has 0 atom stereocenters. The maximum atomic E-state index is 12.3. The van der Waals surface area contributed by atoms with E-state index >= 15 is 0 Å². The van der Waals surface area contributed by atoms with Crippen molar-refractivity contribution in [2.24, 2.45) is 0 Å². The summed E-state index contributed by atoms with van der Waals surface area (Å²) in [5.41, 5.74) is 4.60. The van der Waals surface area contributed by atoms with Crippen LogP contribution in [-0.4, -0.2) is 17.0 Å². The SMILES string of the molecule is N#CCCNC(=O)c1cccc(-c2ccc3ccn(Cc4ccc(Cl)cc4Cl)c3c2)c1. The zero-order chi connectivity index (χ0) is 21.8. The predicted molar refractivity (Wildman–Crippen MR) is 126 cm³/mol. The Labute approximate surface area is 190 Å². The van der Waals surface area contributed by atoms with E-state index in [1.54, 1.807) is 12.1 Å². The zero-order valence-electron chi connectivity index (χ0n) is 16.6. The van der Waals surface area contributed by atoms with Gasteiger partial charge in [-0.25, -0.2) is 0 Å². The van der Waals surface area contributed by atoms with Crippen LogP contribution >= 0.6 is 23.2 Å². The fourth-order valence-corrected chi connectivity index (χ4v) is 3.98. The molecule has 3 aromatic carbocycles. The lowest BCUT2D eigenvalue weighted by molar-refractivity contribution is 0.0954. The number of nitrogens with zero attached hydrogens (tertiary/aromatic N) is 2. The summed E-state index contributed by atoms with van der Waals surface area (Å²) in [5, 5.41) is 13.8. The maximum Gasteiger partial charge on any atom is 0.251 e. The lowest BCUT2D eigenvalue weighted by atomic mass is 10.0. The number of hydrogen-bond acceptors (Lipinski definition) is 2. The Morgan fingerprint density at radius 1 is 1.00 bits per heavy atom. The first-order valence-electron chi connectivity index (χ1n) is 9.83. The van der Waals surface area contributed by atoms with Crippen LogP contribution in [0.4, 0.5) is 0 Å². The number of hydrogen-bond donors (Lipinski definition) is 1. The molecule has 154 valence electrons. The molecule has 0 bridgehead atoms. The number of nitriles is 1. The van der Waals surface area contributed by atoms with E-state index in [2.05, 4.69) is 34.1 Å². The number of rotatable bonds is 6. The third-order valence-corrected chi connectivity index (χ3v) is 5.70. The molecular formula is C25H19Cl2N3O. The normalized spacial score (nSPS) is 10.7. The molecule has 0 saturated heterocycles. The van der Waals surface area contributed by atoms with Gasteiger partial charge in [0.05, 0.1) is 12.5 Å². The van der Waals surface area contributed by atoms with Crippen molar-refractivity contribution in [1.82, 2.24) is 9.88 Å². The van der Waals surface area contributed by atoms with Crippen LogP contribution in [0.3, 0.4) is 0 Å². The number of benzene rings is 3. The summed E-state index contributed by atoms with van der Waals surface area (Å²) in [6.45, 7) is 0.969. The van der Waals surface area contributed by atoms with E-state index < -0.39 is 0 Å². The van der Waals surface area contributed by atoms with E-state index in [1.807, 2.05) is 42.6 Å². The molecule has 0 aliphatic heterocycles. The van der Waals surface area contributed by atoms with Crippen LogP contribution < -0.4 is 5.32 Å². The van der Waals surface area contributed by atoms with Gasteiger partial charge in [0.2, 0.25) is 0 Å². The first kappa shape index (κ1) is 21.0. The summed E-state index contributed by atoms with van der Waals surface area (Å²) in [7, 11) is 0. The topological polar surface area (TPSA) is 57.8 Å². The fourth-order valence-electron chi connectivity index (χ4n) is 3.51. The largest absolute Gasteiger partial charge is 0.351 e. The van der Waals surface area contributed by atoms with Gasteiger partial charge in [-0.1, -0.05) is 53.5 Å². The Morgan fingerprint density at radius 2 is 1.84 bits per heavy atom. The molecule has 4 rings (SSSR count). The van der Waals surface area contributed by atoms with Crippen molar-refractivity contribution >= 4 is 40.0 Å². The van der Waals surface area contributed by atoms with Gasteiger partial charge in [-0.15, -0.1) is 0 Å². The van der Waals surface area contributed by atoms with Crippen LogP contribution in [0.2, 0.25) is 10.0 Å². The third kappa shape index (κ3) is 4.74. The van der Waals surface area contributed by atoms with Crippen LogP contribution in [-0.2, 0) is 6.54 Å². The number of halogens is 2. The highest BCUT2D eigenvalue weighted by molar-refractivity contribution is 6.35. The van der Waals surface area contributed by atoms with E-state index in [9.17, 15) is 4.79 Å². The van der Waals surface area contributed by atoms with Crippen molar-refractivity contribution in [3.8, 4) is 17.2 Å². The maximum absolute atomic E-state index is 12.3. The van der Waals surface area contributed by atoms with Gasteiger partial charge in [-0.3, -0.25) is 4.79 Å². The molecule has 4 nitrogen and oxygen atoms in total. The quantitative estimate of drug-likeness (QED) is 0.352. The van der Waals surface area contributed by atoms with Crippen molar-refractivity contribution in [2.45, 2.75) is 13.0 Å². The Bertz CT molecular complexity index is 1300. The van der Waals surface area contributed by atoms with Crippen molar-refractivity contribution in [2.75, 3.05) is 6.54 Å². The van der Waals surface area contributed by atoms with Gasteiger partial charge in [0, 0.05) is 40.4 Å². The molecular weight excluding hydrogens is 429 g/mol. The number of carbonyl (C=O) groups excluding carboxylic acids is 1. The van der Waals surface area contributed by atoms with Crippen LogP contribution in [0.15, 0.2) is 72.9 Å². The predicted octanol–water partition coefficient (Wildman–Crippen LogP) is 6.31. The lowest BCUT2D eigenvalue weighted by Crippen LogP contribution is -2.24. The van der Waals surface area contributed by atoms with Crippen molar-refractivity contribution in [3.05, 3.63) is 94.1 Å². The van der Waals surface area contributed by atoms with Crippen molar-refractivity contribution in [3.63, 3.8) is 0 Å². The third-order valence-electron chi connectivity index (χ3n) is 5.11. The van der Waals surface area contributed by atoms with Gasteiger partial charge in [0.1, 0.15) is 0 Å². The lowest BCUT2D eigenvalue weighted by Gasteiger charge is -2.10. The van der Waals surface area contributed by atoms with Crippen molar-refractivity contribution in [1.29, 1.82) is 5.26 Å². The second-order valence-electron chi connectivity index (χ2n) is 7.20. The zero-order valence-corrected chi connectivity index (χ0v) is 18.1. The second kappa shape index (κ2) is 9.26. The highest BCUT2D eigenvalue weighted by Crippen LogP contribution is 2.28. The molecule has 1 heterocycles. The Hall–Kier alpha value is -3.26. The molecule has 0 aliphatic rings. The molecule has 0 radical (unpaired) electrons. The number of carbonyl (C=O) groups is 1. The number of aromatic nitrogens is 1. The molecule has 1 N–H and O–H groups in total. The molecule has 0 fully saturated rings. The van der Waals surface area contributed by atoms with Crippen LogP contribution in [0, 0.1) is 11.3 Å². The first-order valence-corrected chi connectivity index (χ1v) is 10.6. The summed E-state index contributed by atoms with van der Waals surface area (Å²) in [6.07, 6.45) is 2.33. The highest BCUT2D eigenvalue weighted by atomic mass is 35.5. The standard InChI is InChI=1S/C25H19Cl2N3O/c26-22-8-7-21(23(27)15-22)16-30-12-9-17-5-6-19(14-24(17)30)18-3-1-4-20(13-18)25(31)29-11-2-10-28/h1,3-9,12-15H,2,11,16H2,(H,29,31). The Kier molecular flexibility index (Phi) is 6.27. The van der Waals surface area contributed by atoms with Gasteiger partial charge in [-0.2, -0.15) is 5.26 Å². The van der Waals surface area contributed by atoms with E-state index in [0.29, 0.717) is 28.7 Å². The van der Waals surface area contributed by atoms with Gasteiger partial charge in [-0.05, 0) is 58.5 Å². The first-order chi connectivity index (χ1) is 15.0. The molecule has 0 aliphatic carbocycles. The summed E-state index contributed by atoms with van der Waals surface area (Å²) in [5.74, 6) is -0.182. The van der Waals surface area contributed by atoms with Gasteiger partial charge in [0.25, 0.3) is 5.91 Å². The molecule has 0 spiro atoms. The number of nitrogens with one attached hydrogen (secondary N) is 1. The minimum absolute atomic E-state index is 0.182. The monoisotopic (exact) mass is 447 g/mol. The summed E-state index contributed by atoms with van der Waals surface area (Å²) in [4.78, 5) is 12.3. The fraction of sp³-hybridized carbons (Fsp3) is 0.120. The van der Waals surface area contributed by atoms with Gasteiger partial charge in [0.15, 0.2) is 0 Å². The van der Waals surface area contributed by atoms with E-state index in [4.69, 9.17) is 28.5 Å². The number of amides is 1. The van der Waals surface area contributed by atoms with E-state index in [1.165, 1.54) is 0 Å². The average Bonchev–Trinajstić information content (AvgIpc) is 3.18. The minimum Gasteiger partial charge on any atom is -0.351 e. The van der Waals surface area contributed by atoms with Crippen molar-refractivity contribution < 1.29 is 4.79 Å². The Balaban J connectivity index is 1.64. The highest BCUT2D eigenvalue weighted by Gasteiger charge is 2.10. The molecule has 1 amide bonds. The van der Waals surface area contributed by atoms with Crippen LogP contribution in [0.5, 0.6) is 0 Å². The van der Waals surface area contributed by atoms with E-state index in [0.717, 1.165) is 27.6 Å². The summed E-state index contributed by atoms with van der Waals surface area (Å²) >= 11 is 12.4. The molecule has 6 heteroatoms. The molecule has 4 aromatic rings. The Morgan fingerprint density at radius 3 is 2.65 bits per heavy atom. The smallest absolute Gasteiger partial charge is 0.251 e. The molecule has 31 heavy (non-hydrogen) atoms. The second-order valence-corrected chi connectivity index (χ2v) is 8.04. The summed E-state index contributed by atoms with van der Waals surface area (Å²) < 4.78 is 2.15. The van der Waals surface area contributed by atoms with Gasteiger partial charge < -0.3 is 9.88 Å². The molecule has 1 aromatic heterocycles. The molecule has 0 saturated carbocycles. The minimum atomic E-state index is -0.182. The van der Waals surface area contributed by atoms with Gasteiger partial charge >= 0.3 is 0 Å². The van der Waals surface area contributed by atoms with Crippen LogP contribution in [0.1, 0.15) is 22.3 Å². The number of fused-ring (bicyclic) bond motifs is 1.